The molecule has 0 aliphatic heterocycles. The summed E-state index contributed by atoms with van der Waals surface area (Å²) < 4.78 is 6.15. The van der Waals surface area contributed by atoms with E-state index in [-0.39, 0.29) is 5.41 Å². The molecular formula is C29H33NO2. The van der Waals surface area contributed by atoms with Gasteiger partial charge in [0.15, 0.2) is 0 Å². The monoisotopic (exact) mass is 427 g/mol. The van der Waals surface area contributed by atoms with Gasteiger partial charge in [0, 0.05) is 17.5 Å². The minimum absolute atomic E-state index is 0.160. The van der Waals surface area contributed by atoms with Crippen LogP contribution in [-0.2, 0) is 24.0 Å². The summed E-state index contributed by atoms with van der Waals surface area (Å²) in [5.74, 6) is 1.44. The summed E-state index contributed by atoms with van der Waals surface area (Å²) >= 11 is 0. The number of ether oxygens (including phenoxy) is 1. The maximum absolute atomic E-state index is 11.6. The van der Waals surface area contributed by atoms with Crippen LogP contribution in [0.4, 0.5) is 0 Å². The average Bonchev–Trinajstić information content (AvgIpc) is 2.84. The maximum Gasteiger partial charge on any atom is 0.120 e. The molecule has 3 nitrogen and oxygen atoms in total. The lowest BCUT2D eigenvalue weighted by Gasteiger charge is -2.53. The Labute approximate surface area is 191 Å². The number of aryl methyl sites for hydroxylation is 2. The molecule has 1 heterocycles. The first-order valence-electron chi connectivity index (χ1n) is 12.0. The van der Waals surface area contributed by atoms with Crippen LogP contribution < -0.4 is 4.74 Å². The van der Waals surface area contributed by atoms with Crippen molar-refractivity contribution in [1.82, 2.24) is 4.98 Å². The molecular weight excluding hydrogens is 394 g/mol. The average molecular weight is 428 g/mol. The second kappa shape index (κ2) is 8.37. The van der Waals surface area contributed by atoms with Gasteiger partial charge in [-0.1, -0.05) is 49.4 Å². The van der Waals surface area contributed by atoms with Crippen molar-refractivity contribution in [1.29, 1.82) is 0 Å². The third-order valence-electron chi connectivity index (χ3n) is 8.18. The Morgan fingerprint density at radius 2 is 1.91 bits per heavy atom. The van der Waals surface area contributed by atoms with Crippen molar-refractivity contribution in [2.24, 2.45) is 5.92 Å². The van der Waals surface area contributed by atoms with Gasteiger partial charge >= 0.3 is 0 Å². The van der Waals surface area contributed by atoms with Gasteiger partial charge in [0.05, 0.1) is 5.60 Å². The number of hydrogen-bond donors (Lipinski definition) is 1. The van der Waals surface area contributed by atoms with E-state index in [4.69, 9.17) is 4.74 Å². The van der Waals surface area contributed by atoms with E-state index in [1.165, 1.54) is 11.1 Å². The van der Waals surface area contributed by atoms with Crippen LogP contribution in [0.3, 0.4) is 0 Å². The second-order valence-corrected chi connectivity index (χ2v) is 9.70. The first kappa shape index (κ1) is 21.2. The highest BCUT2D eigenvalue weighted by Gasteiger charge is 2.51. The van der Waals surface area contributed by atoms with Crippen LogP contribution in [0, 0.1) is 12.8 Å². The third-order valence-corrected chi connectivity index (χ3v) is 8.18. The van der Waals surface area contributed by atoms with Gasteiger partial charge in [-0.05, 0) is 91.7 Å². The van der Waals surface area contributed by atoms with E-state index in [0.717, 1.165) is 61.1 Å². The zero-order chi connectivity index (χ0) is 22.2. The Bertz CT molecular complexity index is 1100. The van der Waals surface area contributed by atoms with Crippen molar-refractivity contribution >= 4 is 0 Å². The van der Waals surface area contributed by atoms with Crippen molar-refractivity contribution in [2.75, 3.05) is 0 Å². The van der Waals surface area contributed by atoms with Crippen LogP contribution in [-0.4, -0.2) is 10.1 Å². The lowest BCUT2D eigenvalue weighted by molar-refractivity contribution is -0.0566. The molecule has 0 radical (unpaired) electrons. The van der Waals surface area contributed by atoms with Gasteiger partial charge in [-0.3, -0.25) is 4.98 Å². The standard InChI is InChI=1S/C29H33NO2/c1-3-28-15-16-29(31,24-9-5-4-6-10-24)19-25(28)12-11-22-18-26(13-14-27(22)28)32-20-23-8-7-17-30-21(23)2/h4-10,13-14,17-18,25,31H,3,11-12,15-16,19-20H2,1-2H3/t25?,28?,29-/m1/s1. The highest BCUT2D eigenvalue weighted by molar-refractivity contribution is 5.44. The van der Waals surface area contributed by atoms with E-state index in [9.17, 15) is 5.11 Å². The number of hydrogen-bond acceptors (Lipinski definition) is 3. The van der Waals surface area contributed by atoms with Crippen molar-refractivity contribution < 1.29 is 9.84 Å². The van der Waals surface area contributed by atoms with Crippen LogP contribution >= 0.6 is 0 Å². The molecule has 2 aromatic carbocycles. The lowest BCUT2D eigenvalue weighted by Crippen LogP contribution is -2.48. The molecule has 32 heavy (non-hydrogen) atoms. The fourth-order valence-corrected chi connectivity index (χ4v) is 6.25. The fraction of sp³-hybridized carbons (Fsp3) is 0.414. The van der Waals surface area contributed by atoms with Crippen LogP contribution in [0.15, 0.2) is 66.9 Å². The molecule has 1 saturated carbocycles. The maximum atomic E-state index is 11.6. The molecule has 1 aromatic heterocycles. The first-order chi connectivity index (χ1) is 15.5. The molecule has 1 fully saturated rings. The molecule has 0 bridgehead atoms. The number of aromatic nitrogens is 1. The predicted molar refractivity (Wildman–Crippen MR) is 128 cm³/mol. The molecule has 3 atom stereocenters. The van der Waals surface area contributed by atoms with Crippen molar-refractivity contribution in [3.8, 4) is 5.75 Å². The smallest absolute Gasteiger partial charge is 0.120 e. The minimum Gasteiger partial charge on any atom is -0.489 e. The number of aliphatic hydroxyl groups is 1. The SMILES string of the molecule is CCC12CC[C@](O)(c3ccccc3)CC1CCc1cc(OCc3cccnc3C)ccc12. The molecule has 1 N–H and O–H groups in total. The number of fused-ring (bicyclic) bond motifs is 3. The van der Waals surface area contributed by atoms with E-state index in [1.807, 2.05) is 37.4 Å². The van der Waals surface area contributed by atoms with Gasteiger partial charge in [0.1, 0.15) is 12.4 Å². The van der Waals surface area contributed by atoms with Crippen LogP contribution in [0.1, 0.15) is 67.0 Å². The fourth-order valence-electron chi connectivity index (χ4n) is 6.25. The van der Waals surface area contributed by atoms with Gasteiger partial charge in [-0.2, -0.15) is 0 Å². The highest BCUT2D eigenvalue weighted by Crippen LogP contribution is 2.56. The van der Waals surface area contributed by atoms with E-state index < -0.39 is 5.60 Å². The summed E-state index contributed by atoms with van der Waals surface area (Å²) in [6.07, 6.45) is 7.81. The molecule has 3 heteroatoms. The zero-order valence-electron chi connectivity index (χ0n) is 19.2. The molecule has 166 valence electrons. The summed E-state index contributed by atoms with van der Waals surface area (Å²) in [6, 6.07) is 21.0. The zero-order valence-corrected chi connectivity index (χ0v) is 19.2. The third kappa shape index (κ3) is 3.63. The van der Waals surface area contributed by atoms with Crippen molar-refractivity contribution in [3.63, 3.8) is 0 Å². The normalized spacial score (nSPS) is 26.8. The first-order valence-corrected chi connectivity index (χ1v) is 12.0. The molecule has 2 unspecified atom stereocenters. The lowest BCUT2D eigenvalue weighted by atomic mass is 9.53. The van der Waals surface area contributed by atoms with Crippen LogP contribution in [0.2, 0.25) is 0 Å². The Hall–Kier alpha value is -2.65. The summed E-state index contributed by atoms with van der Waals surface area (Å²) in [7, 11) is 0. The Morgan fingerprint density at radius 1 is 1.06 bits per heavy atom. The molecule has 5 rings (SSSR count). The van der Waals surface area contributed by atoms with Crippen molar-refractivity contribution in [2.45, 2.75) is 70.0 Å². The van der Waals surface area contributed by atoms with E-state index >= 15 is 0 Å². The minimum atomic E-state index is -0.702. The predicted octanol–water partition coefficient (Wildman–Crippen LogP) is 6.25. The van der Waals surface area contributed by atoms with Crippen LogP contribution in [0.25, 0.3) is 0 Å². The number of rotatable bonds is 5. The summed E-state index contributed by atoms with van der Waals surface area (Å²) in [5.41, 5.74) is 5.59. The van der Waals surface area contributed by atoms with E-state index in [0.29, 0.717) is 12.5 Å². The summed E-state index contributed by atoms with van der Waals surface area (Å²) in [5, 5.41) is 11.6. The quantitative estimate of drug-likeness (QED) is 0.523. The summed E-state index contributed by atoms with van der Waals surface area (Å²) in [6.45, 7) is 4.89. The molecule has 0 amide bonds. The number of benzene rings is 2. The molecule has 3 aromatic rings. The van der Waals surface area contributed by atoms with Crippen LogP contribution in [0.5, 0.6) is 5.75 Å². The van der Waals surface area contributed by atoms with Gasteiger partial charge in [-0.25, -0.2) is 0 Å². The Morgan fingerprint density at radius 3 is 2.69 bits per heavy atom. The molecule has 2 aliphatic carbocycles. The number of pyridine rings is 1. The van der Waals surface area contributed by atoms with Gasteiger partial charge in [-0.15, -0.1) is 0 Å². The summed E-state index contributed by atoms with van der Waals surface area (Å²) in [4.78, 5) is 4.36. The largest absolute Gasteiger partial charge is 0.489 e. The highest BCUT2D eigenvalue weighted by atomic mass is 16.5. The van der Waals surface area contributed by atoms with E-state index in [1.54, 1.807) is 0 Å². The van der Waals surface area contributed by atoms with Crippen molar-refractivity contribution in [3.05, 3.63) is 94.8 Å². The second-order valence-electron chi connectivity index (χ2n) is 9.70. The molecule has 0 spiro atoms. The topological polar surface area (TPSA) is 42.4 Å². The number of nitrogens with zero attached hydrogens (tertiary/aromatic N) is 1. The Kier molecular flexibility index (Phi) is 5.54. The Balaban J connectivity index is 1.38. The van der Waals surface area contributed by atoms with Gasteiger partial charge in [0.2, 0.25) is 0 Å². The molecule has 0 saturated heterocycles. The molecule has 2 aliphatic rings. The van der Waals surface area contributed by atoms with E-state index in [2.05, 4.69) is 48.3 Å². The van der Waals surface area contributed by atoms with Gasteiger partial charge < -0.3 is 9.84 Å². The van der Waals surface area contributed by atoms with Gasteiger partial charge in [0.25, 0.3) is 0 Å².